The van der Waals surface area contributed by atoms with Gasteiger partial charge in [0.15, 0.2) is 17.5 Å². The van der Waals surface area contributed by atoms with Gasteiger partial charge in [0.1, 0.15) is 4.83 Å². The number of benzene rings is 2. The number of aryl methyl sites for hydroxylation is 1. The maximum Gasteiger partial charge on any atom is 0.260 e. The van der Waals surface area contributed by atoms with E-state index in [1.54, 1.807) is 0 Å². The maximum absolute atomic E-state index is 13.9. The van der Waals surface area contributed by atoms with Gasteiger partial charge in [0.05, 0.1) is 10.4 Å². The minimum atomic E-state index is -1.01. The van der Waals surface area contributed by atoms with E-state index in [-0.39, 0.29) is 22.0 Å². The summed E-state index contributed by atoms with van der Waals surface area (Å²) in [5, 5.41) is 0.495. The first kappa shape index (κ1) is 18.5. The summed E-state index contributed by atoms with van der Waals surface area (Å²) in [6, 6.07) is 13.4. The lowest BCUT2D eigenvalue weighted by molar-refractivity contribution is 0.507. The fraction of sp³-hybridized carbons (Fsp3) is 0.0476. The summed E-state index contributed by atoms with van der Waals surface area (Å²) in [4.78, 5) is 21.3. The van der Waals surface area contributed by atoms with E-state index >= 15 is 0 Å². The van der Waals surface area contributed by atoms with Crippen molar-refractivity contribution in [2.45, 2.75) is 6.92 Å². The molecule has 0 saturated carbocycles. The lowest BCUT2D eigenvalue weighted by Crippen LogP contribution is -2.10. The quantitative estimate of drug-likeness (QED) is 0.448. The summed E-state index contributed by atoms with van der Waals surface area (Å²) in [5.74, 6) is -1.89. The zero-order chi connectivity index (χ0) is 19.8. The van der Waals surface area contributed by atoms with Gasteiger partial charge in [-0.2, -0.15) is 0 Å². The van der Waals surface area contributed by atoms with Crippen LogP contribution in [0.2, 0.25) is 0 Å². The Labute approximate surface area is 168 Å². The lowest BCUT2D eigenvalue weighted by Gasteiger charge is -2.03. The van der Waals surface area contributed by atoms with Crippen molar-refractivity contribution in [1.29, 1.82) is 0 Å². The molecule has 0 aliphatic heterocycles. The van der Waals surface area contributed by atoms with Gasteiger partial charge in [-0.25, -0.2) is 13.8 Å². The summed E-state index contributed by atoms with van der Waals surface area (Å²) in [6.45, 7) is 1.92. The Morgan fingerprint density at radius 2 is 1.89 bits per heavy atom. The van der Waals surface area contributed by atoms with Crippen molar-refractivity contribution in [1.82, 2.24) is 9.97 Å². The SMILES string of the molecule is Cc1sc2nc(C(Cl)=Cc3cccc(F)c3F)[nH]c(=O)c2c1-c1ccccc1. The van der Waals surface area contributed by atoms with Crippen molar-refractivity contribution in [2.75, 3.05) is 0 Å². The van der Waals surface area contributed by atoms with Crippen LogP contribution in [0.3, 0.4) is 0 Å². The van der Waals surface area contributed by atoms with Crippen molar-refractivity contribution < 1.29 is 8.78 Å². The van der Waals surface area contributed by atoms with E-state index in [2.05, 4.69) is 9.97 Å². The Balaban J connectivity index is 1.86. The van der Waals surface area contributed by atoms with Gasteiger partial charge < -0.3 is 4.98 Å². The van der Waals surface area contributed by atoms with Crippen LogP contribution < -0.4 is 5.56 Å². The second-order valence-corrected chi connectivity index (χ2v) is 7.74. The molecule has 3 nitrogen and oxygen atoms in total. The smallest absolute Gasteiger partial charge is 0.260 e. The predicted molar refractivity (Wildman–Crippen MR) is 110 cm³/mol. The first-order valence-electron chi connectivity index (χ1n) is 8.36. The van der Waals surface area contributed by atoms with Gasteiger partial charge in [-0.15, -0.1) is 11.3 Å². The highest BCUT2D eigenvalue weighted by Gasteiger charge is 2.17. The van der Waals surface area contributed by atoms with Crippen molar-refractivity contribution in [3.8, 4) is 11.1 Å². The number of aromatic amines is 1. The fourth-order valence-electron chi connectivity index (χ4n) is 3.02. The van der Waals surface area contributed by atoms with Crippen LogP contribution in [-0.2, 0) is 0 Å². The molecule has 7 heteroatoms. The van der Waals surface area contributed by atoms with Crippen LogP contribution >= 0.6 is 22.9 Å². The molecule has 0 fully saturated rings. The predicted octanol–water partition coefficient (Wildman–Crippen LogP) is 5.98. The number of halogens is 3. The highest BCUT2D eigenvalue weighted by atomic mass is 35.5. The monoisotopic (exact) mass is 414 g/mol. The molecule has 0 spiro atoms. The largest absolute Gasteiger partial charge is 0.305 e. The zero-order valence-electron chi connectivity index (χ0n) is 14.6. The molecule has 2 heterocycles. The number of hydrogen-bond donors (Lipinski definition) is 1. The second kappa shape index (κ2) is 7.30. The van der Waals surface area contributed by atoms with Crippen molar-refractivity contribution in [2.24, 2.45) is 0 Å². The van der Waals surface area contributed by atoms with Gasteiger partial charge >= 0.3 is 0 Å². The van der Waals surface area contributed by atoms with E-state index in [0.29, 0.717) is 10.2 Å². The summed E-state index contributed by atoms with van der Waals surface area (Å²) in [5.41, 5.74) is 1.39. The molecular weight excluding hydrogens is 402 g/mol. The van der Waals surface area contributed by atoms with Crippen LogP contribution in [-0.4, -0.2) is 9.97 Å². The zero-order valence-corrected chi connectivity index (χ0v) is 16.2. The highest BCUT2D eigenvalue weighted by molar-refractivity contribution is 7.19. The number of nitrogens with one attached hydrogen (secondary N) is 1. The number of thiophene rings is 1. The number of aromatic nitrogens is 2. The molecule has 0 aliphatic carbocycles. The third-order valence-corrected chi connectivity index (χ3v) is 5.58. The van der Waals surface area contributed by atoms with Gasteiger partial charge in [0.25, 0.3) is 5.56 Å². The van der Waals surface area contributed by atoms with Crippen LogP contribution in [0.5, 0.6) is 0 Å². The van der Waals surface area contributed by atoms with Gasteiger partial charge in [-0.05, 0) is 24.6 Å². The summed E-state index contributed by atoms with van der Waals surface area (Å²) >= 11 is 7.63. The van der Waals surface area contributed by atoms with Crippen molar-refractivity contribution in [3.05, 3.63) is 86.8 Å². The Morgan fingerprint density at radius 1 is 1.14 bits per heavy atom. The first-order chi connectivity index (χ1) is 13.5. The number of nitrogens with zero attached hydrogens (tertiary/aromatic N) is 1. The summed E-state index contributed by atoms with van der Waals surface area (Å²) in [7, 11) is 0. The van der Waals surface area contributed by atoms with Crippen LogP contribution in [0.15, 0.2) is 53.3 Å². The standard InChI is InChI=1S/C21H13ClF2N2OS/c1-11-16(12-6-3-2-4-7-12)17-20(27)25-19(26-21(17)28-11)14(22)10-13-8-5-9-15(23)18(13)24/h2-10H,1H3,(H,25,26,27). The van der Waals surface area contributed by atoms with Crippen LogP contribution in [0.25, 0.3) is 32.5 Å². The van der Waals surface area contributed by atoms with Crippen molar-refractivity contribution >= 4 is 44.3 Å². The molecule has 0 saturated heterocycles. The minimum absolute atomic E-state index is 0.0100. The average Bonchev–Trinajstić information content (AvgIpc) is 3.02. The number of fused-ring (bicyclic) bond motifs is 1. The third-order valence-electron chi connectivity index (χ3n) is 4.29. The topological polar surface area (TPSA) is 45.8 Å². The van der Waals surface area contributed by atoms with E-state index in [4.69, 9.17) is 11.6 Å². The second-order valence-electron chi connectivity index (χ2n) is 6.13. The third kappa shape index (κ3) is 3.25. The molecule has 0 unspecified atom stereocenters. The van der Waals surface area contributed by atoms with Gasteiger partial charge in [-0.1, -0.05) is 54.1 Å². The van der Waals surface area contributed by atoms with Gasteiger partial charge in [-0.3, -0.25) is 4.79 Å². The van der Waals surface area contributed by atoms with E-state index in [1.165, 1.54) is 29.5 Å². The molecule has 0 bridgehead atoms. The molecule has 4 aromatic rings. The normalized spacial score (nSPS) is 11.9. The Kier molecular flexibility index (Phi) is 4.83. The van der Waals surface area contributed by atoms with Crippen LogP contribution in [0.4, 0.5) is 8.78 Å². The molecule has 0 amide bonds. The van der Waals surface area contributed by atoms with Crippen molar-refractivity contribution in [3.63, 3.8) is 0 Å². The van der Waals surface area contributed by atoms with Crippen LogP contribution in [0.1, 0.15) is 16.3 Å². The molecule has 4 rings (SSSR count). The molecule has 1 N–H and O–H groups in total. The van der Waals surface area contributed by atoms with Crippen LogP contribution in [0, 0.1) is 18.6 Å². The molecule has 140 valence electrons. The maximum atomic E-state index is 13.9. The average molecular weight is 415 g/mol. The molecule has 28 heavy (non-hydrogen) atoms. The van der Waals surface area contributed by atoms with E-state index in [9.17, 15) is 13.6 Å². The Hall–Kier alpha value is -2.83. The Bertz CT molecular complexity index is 1280. The van der Waals surface area contributed by atoms with E-state index < -0.39 is 11.6 Å². The number of hydrogen-bond acceptors (Lipinski definition) is 3. The van der Waals surface area contributed by atoms with Gasteiger partial charge in [0, 0.05) is 16.0 Å². The molecule has 0 radical (unpaired) electrons. The Morgan fingerprint density at radius 3 is 2.64 bits per heavy atom. The molecule has 2 aromatic heterocycles. The molecule has 2 aromatic carbocycles. The van der Waals surface area contributed by atoms with E-state index in [1.807, 2.05) is 37.3 Å². The fourth-order valence-corrected chi connectivity index (χ4v) is 4.27. The van der Waals surface area contributed by atoms with E-state index in [0.717, 1.165) is 22.1 Å². The molecule has 0 aliphatic rings. The summed E-state index contributed by atoms with van der Waals surface area (Å²) in [6.07, 6.45) is 1.24. The summed E-state index contributed by atoms with van der Waals surface area (Å²) < 4.78 is 27.3. The molecular formula is C21H13ClF2N2OS. The number of rotatable bonds is 3. The lowest BCUT2D eigenvalue weighted by atomic mass is 10.0. The van der Waals surface area contributed by atoms with Gasteiger partial charge in [0.2, 0.25) is 0 Å². The minimum Gasteiger partial charge on any atom is -0.305 e. The highest BCUT2D eigenvalue weighted by Crippen LogP contribution is 2.36. The molecule has 0 atom stereocenters. The first-order valence-corrected chi connectivity index (χ1v) is 9.55. The number of H-pyrrole nitrogens is 1.